The summed E-state index contributed by atoms with van der Waals surface area (Å²) >= 11 is 10.1. The van der Waals surface area contributed by atoms with Crippen LogP contribution in [0.1, 0.15) is 24.0 Å². The Labute approximate surface area is 182 Å². The van der Waals surface area contributed by atoms with Gasteiger partial charge in [-0.05, 0) is 72.1 Å². The van der Waals surface area contributed by atoms with Crippen LogP contribution in [-0.2, 0) is 18.9 Å². The van der Waals surface area contributed by atoms with Gasteiger partial charge in [-0.15, -0.1) is 0 Å². The normalized spacial score (nSPS) is 17.6. The van der Waals surface area contributed by atoms with Gasteiger partial charge in [-0.2, -0.15) is 0 Å². The number of hydrogen-bond donors (Lipinski definition) is 1. The fourth-order valence-electron chi connectivity index (χ4n) is 2.39. The van der Waals surface area contributed by atoms with E-state index < -0.39 is 0 Å². The first-order valence-electron chi connectivity index (χ1n) is 8.21. The maximum absolute atomic E-state index is 5.38. The summed E-state index contributed by atoms with van der Waals surface area (Å²) < 4.78 is 24.0. The van der Waals surface area contributed by atoms with Gasteiger partial charge in [-0.1, -0.05) is 0 Å². The van der Waals surface area contributed by atoms with Crippen LogP contribution >= 0.6 is 47.8 Å². The molecule has 10 heteroatoms. The van der Waals surface area contributed by atoms with E-state index in [0.717, 1.165) is 30.8 Å². The van der Waals surface area contributed by atoms with E-state index in [2.05, 4.69) is 63.1 Å². The van der Waals surface area contributed by atoms with Crippen molar-refractivity contribution in [2.24, 2.45) is 0 Å². The standard InChI is InChI=1S/C9H11BrN2O2.C8H7Br2NO2/c1-11-7-3-2-6(10)8(12-7)9-13-4-5-14-9;9-5-1-2-6(10)11-7(5)8-12-3-4-13-8/h2-3,9H,4-5H2,1H3,(H,11,12);1-2,8H,3-4H2. The van der Waals surface area contributed by atoms with Crippen LogP contribution in [0.25, 0.3) is 0 Å². The monoisotopic (exact) mass is 565 g/mol. The molecule has 2 aliphatic heterocycles. The molecule has 2 saturated heterocycles. The zero-order valence-corrected chi connectivity index (χ0v) is 19.2. The number of anilines is 1. The van der Waals surface area contributed by atoms with Crippen LogP contribution in [0.3, 0.4) is 0 Å². The van der Waals surface area contributed by atoms with Crippen molar-refractivity contribution in [3.05, 3.63) is 49.2 Å². The van der Waals surface area contributed by atoms with E-state index in [9.17, 15) is 0 Å². The lowest BCUT2D eigenvalue weighted by Crippen LogP contribution is -2.04. The molecule has 2 aliphatic rings. The summed E-state index contributed by atoms with van der Waals surface area (Å²) in [5.74, 6) is 0.808. The molecule has 7 nitrogen and oxygen atoms in total. The molecule has 0 bridgehead atoms. The molecule has 0 aliphatic carbocycles. The first-order valence-corrected chi connectivity index (χ1v) is 10.6. The summed E-state index contributed by atoms with van der Waals surface area (Å²) in [5.41, 5.74) is 1.57. The highest BCUT2D eigenvalue weighted by Gasteiger charge is 2.23. The van der Waals surface area contributed by atoms with Crippen molar-refractivity contribution in [1.29, 1.82) is 0 Å². The Morgan fingerprint density at radius 2 is 1.26 bits per heavy atom. The fraction of sp³-hybridized carbons (Fsp3) is 0.412. The van der Waals surface area contributed by atoms with Crippen LogP contribution < -0.4 is 5.32 Å². The first-order chi connectivity index (χ1) is 13.1. The van der Waals surface area contributed by atoms with Crippen LogP contribution in [0.2, 0.25) is 0 Å². The fourth-order valence-corrected chi connectivity index (χ4v) is 3.53. The molecule has 2 aromatic rings. The molecular weight excluding hydrogens is 550 g/mol. The molecule has 1 N–H and O–H groups in total. The minimum atomic E-state index is -0.335. The molecule has 146 valence electrons. The molecule has 0 saturated carbocycles. The topological polar surface area (TPSA) is 74.7 Å². The number of hydrogen-bond acceptors (Lipinski definition) is 7. The van der Waals surface area contributed by atoms with E-state index in [1.54, 1.807) is 0 Å². The molecule has 0 amide bonds. The second-order valence-corrected chi connectivity index (χ2v) is 7.98. The van der Waals surface area contributed by atoms with Crippen LogP contribution in [0.4, 0.5) is 5.82 Å². The molecular formula is C17H18Br3N3O4. The van der Waals surface area contributed by atoms with E-state index in [0.29, 0.717) is 26.4 Å². The third-order valence-electron chi connectivity index (χ3n) is 3.66. The number of aromatic nitrogens is 2. The lowest BCUT2D eigenvalue weighted by molar-refractivity contribution is -0.0480. The van der Waals surface area contributed by atoms with Crippen LogP contribution in [0, 0.1) is 0 Å². The highest BCUT2D eigenvalue weighted by molar-refractivity contribution is 9.11. The molecule has 0 aromatic carbocycles. The van der Waals surface area contributed by atoms with E-state index >= 15 is 0 Å². The van der Waals surface area contributed by atoms with Gasteiger partial charge in [0.2, 0.25) is 12.6 Å². The largest absolute Gasteiger partial charge is 0.373 e. The third kappa shape index (κ3) is 5.69. The van der Waals surface area contributed by atoms with Crippen LogP contribution in [0.15, 0.2) is 37.8 Å². The molecule has 2 fully saturated rings. The van der Waals surface area contributed by atoms with Gasteiger partial charge in [0.25, 0.3) is 0 Å². The van der Waals surface area contributed by atoms with Crippen molar-refractivity contribution in [2.75, 3.05) is 38.8 Å². The van der Waals surface area contributed by atoms with Gasteiger partial charge in [0.05, 0.1) is 26.4 Å². The van der Waals surface area contributed by atoms with Crippen molar-refractivity contribution in [3.63, 3.8) is 0 Å². The maximum Gasteiger partial charge on any atom is 0.202 e. The SMILES string of the molecule is Brc1ccc(Br)c(C2OCCO2)n1.CNc1ccc(Br)c(C2OCCO2)n1. The number of pyridine rings is 2. The zero-order chi connectivity index (χ0) is 19.2. The summed E-state index contributed by atoms with van der Waals surface area (Å²) in [4.78, 5) is 8.64. The summed E-state index contributed by atoms with van der Waals surface area (Å²) in [6.07, 6.45) is -0.662. The summed E-state index contributed by atoms with van der Waals surface area (Å²) in [6, 6.07) is 7.60. The zero-order valence-electron chi connectivity index (χ0n) is 14.5. The van der Waals surface area contributed by atoms with Gasteiger partial charge in [0, 0.05) is 16.0 Å². The quantitative estimate of drug-likeness (QED) is 0.544. The Bertz CT molecular complexity index is 769. The van der Waals surface area contributed by atoms with Gasteiger partial charge >= 0.3 is 0 Å². The minimum Gasteiger partial charge on any atom is -0.373 e. The molecule has 0 atom stereocenters. The predicted octanol–water partition coefficient (Wildman–Crippen LogP) is 4.58. The molecule has 0 radical (unpaired) electrons. The van der Waals surface area contributed by atoms with E-state index in [1.165, 1.54) is 0 Å². The van der Waals surface area contributed by atoms with Gasteiger partial charge in [0.15, 0.2) is 0 Å². The highest BCUT2D eigenvalue weighted by atomic mass is 79.9. The maximum atomic E-state index is 5.38. The molecule has 2 aromatic heterocycles. The van der Waals surface area contributed by atoms with Gasteiger partial charge in [-0.25, -0.2) is 9.97 Å². The Balaban J connectivity index is 0.000000156. The summed E-state index contributed by atoms with van der Waals surface area (Å²) in [6.45, 7) is 2.52. The Morgan fingerprint density at radius 3 is 1.78 bits per heavy atom. The number of ether oxygens (including phenoxy) is 4. The number of nitrogens with one attached hydrogen (secondary N) is 1. The third-order valence-corrected chi connectivity index (χ3v) is 5.44. The van der Waals surface area contributed by atoms with Gasteiger partial charge in [0.1, 0.15) is 21.8 Å². The van der Waals surface area contributed by atoms with Gasteiger partial charge in [-0.3, -0.25) is 0 Å². The van der Waals surface area contributed by atoms with Crippen molar-refractivity contribution in [3.8, 4) is 0 Å². The van der Waals surface area contributed by atoms with Crippen LogP contribution in [-0.4, -0.2) is 43.4 Å². The molecule has 4 heterocycles. The first kappa shape index (κ1) is 21.1. The van der Waals surface area contributed by atoms with Crippen molar-refractivity contribution in [2.45, 2.75) is 12.6 Å². The Kier molecular flexibility index (Phi) is 8.00. The average Bonchev–Trinajstić information content (AvgIpc) is 3.38. The van der Waals surface area contributed by atoms with E-state index in [-0.39, 0.29) is 12.6 Å². The predicted molar refractivity (Wildman–Crippen MR) is 110 cm³/mol. The molecule has 4 rings (SSSR count). The van der Waals surface area contributed by atoms with Crippen molar-refractivity contribution < 1.29 is 18.9 Å². The Morgan fingerprint density at radius 1 is 0.778 bits per heavy atom. The van der Waals surface area contributed by atoms with E-state index in [4.69, 9.17) is 18.9 Å². The Hall–Kier alpha value is -0.620. The highest BCUT2D eigenvalue weighted by Crippen LogP contribution is 2.30. The summed E-state index contributed by atoms with van der Waals surface area (Å²) in [7, 11) is 1.83. The lowest BCUT2D eigenvalue weighted by atomic mass is 10.3. The van der Waals surface area contributed by atoms with E-state index in [1.807, 2.05) is 31.3 Å². The molecule has 0 spiro atoms. The minimum absolute atomic E-state index is 0.327. The molecule has 27 heavy (non-hydrogen) atoms. The second-order valence-electron chi connectivity index (χ2n) is 5.46. The smallest absolute Gasteiger partial charge is 0.202 e. The second kappa shape index (κ2) is 10.2. The number of nitrogens with zero attached hydrogens (tertiary/aromatic N) is 2. The lowest BCUT2D eigenvalue weighted by Gasteiger charge is -2.11. The van der Waals surface area contributed by atoms with Crippen LogP contribution in [0.5, 0.6) is 0 Å². The molecule has 0 unspecified atom stereocenters. The average molecular weight is 568 g/mol. The van der Waals surface area contributed by atoms with Gasteiger partial charge < -0.3 is 24.3 Å². The summed E-state index contributed by atoms with van der Waals surface area (Å²) in [5, 5.41) is 2.97. The number of rotatable bonds is 3. The van der Waals surface area contributed by atoms with Crippen molar-refractivity contribution >= 4 is 53.6 Å². The number of halogens is 3. The van der Waals surface area contributed by atoms with Crippen molar-refractivity contribution in [1.82, 2.24) is 9.97 Å².